The van der Waals surface area contributed by atoms with Gasteiger partial charge in [0.15, 0.2) is 35.7 Å². The average Bonchev–Trinajstić information content (AvgIpc) is 3.34. The van der Waals surface area contributed by atoms with Crippen molar-refractivity contribution in [1.29, 1.82) is 0 Å². The molecule has 0 aliphatic carbocycles. The van der Waals surface area contributed by atoms with Crippen LogP contribution in [0.3, 0.4) is 0 Å². The van der Waals surface area contributed by atoms with Crippen LogP contribution in [-0.4, -0.2) is 26.4 Å². The topological polar surface area (TPSA) is 69.9 Å². The van der Waals surface area contributed by atoms with Crippen LogP contribution < -0.4 is 45.8 Å². The first kappa shape index (κ1) is 23.9. The molecule has 0 bridgehead atoms. The van der Waals surface area contributed by atoms with E-state index in [4.69, 9.17) is 18.9 Å². The zero-order valence-electron chi connectivity index (χ0n) is 19.8. The third kappa shape index (κ3) is 4.44. The maximum atomic E-state index is 12.4. The molecule has 36 heavy (non-hydrogen) atoms. The number of carbonyl (C=O) groups is 1. The third-order valence-electron chi connectivity index (χ3n) is 6.43. The Kier molecular flexibility index (Phi) is 6.69. The van der Waals surface area contributed by atoms with Crippen LogP contribution in [0.4, 0.5) is 5.69 Å². The zero-order chi connectivity index (χ0) is 23.8. The van der Waals surface area contributed by atoms with E-state index in [1.54, 1.807) is 7.11 Å². The molecule has 0 atom stereocenters. The number of methoxy groups -OCH3 is 1. The highest BCUT2D eigenvalue weighted by Crippen LogP contribution is 2.41. The summed E-state index contributed by atoms with van der Waals surface area (Å²) in [6, 6.07) is 19.7. The van der Waals surface area contributed by atoms with Gasteiger partial charge in [-0.1, -0.05) is 18.2 Å². The summed E-state index contributed by atoms with van der Waals surface area (Å²) in [5.74, 6) is 2.78. The van der Waals surface area contributed by atoms with E-state index in [2.05, 4.69) is 34.3 Å². The van der Waals surface area contributed by atoms with Gasteiger partial charge in [-0.2, -0.15) is 4.57 Å². The SMILES string of the molecule is COc1ccc2cc3[n+](cc2c1OCCC(=O)Nc1ccccc1)CCc1cc2c(cc1-3)OCO2.[Br-]. The lowest BCUT2D eigenvalue weighted by molar-refractivity contribution is -0.686. The van der Waals surface area contributed by atoms with Gasteiger partial charge in [0.2, 0.25) is 18.4 Å². The van der Waals surface area contributed by atoms with Crippen LogP contribution in [0.15, 0.2) is 66.9 Å². The Labute approximate surface area is 219 Å². The lowest BCUT2D eigenvalue weighted by atomic mass is 9.95. The minimum absolute atomic E-state index is 0. The van der Waals surface area contributed by atoms with Gasteiger partial charge in [-0.05, 0) is 47.3 Å². The van der Waals surface area contributed by atoms with E-state index >= 15 is 0 Å². The molecule has 1 aromatic heterocycles. The van der Waals surface area contributed by atoms with Gasteiger partial charge < -0.3 is 41.2 Å². The molecule has 0 spiro atoms. The highest BCUT2D eigenvalue weighted by atomic mass is 79.9. The van der Waals surface area contributed by atoms with Crippen LogP contribution in [-0.2, 0) is 17.8 Å². The van der Waals surface area contributed by atoms with Gasteiger partial charge in [0.1, 0.15) is 0 Å². The maximum absolute atomic E-state index is 12.4. The number of carbonyl (C=O) groups excluding carboxylic acids is 1. The van der Waals surface area contributed by atoms with Gasteiger partial charge in [0.25, 0.3) is 0 Å². The van der Waals surface area contributed by atoms with E-state index in [0.29, 0.717) is 11.5 Å². The first-order valence-electron chi connectivity index (χ1n) is 11.6. The minimum atomic E-state index is -0.0995. The standard InChI is InChI=1S/C28H24N2O5.BrH/c1-32-24-8-7-18-13-23-21-15-26-25(34-17-35-26)14-19(21)9-11-30(23)16-22(18)28(24)33-12-10-27(31)29-20-5-3-2-4-6-20;/h2-8,13-16H,9-12,17H2,1H3;1H. The van der Waals surface area contributed by atoms with Gasteiger partial charge in [0.05, 0.1) is 31.1 Å². The minimum Gasteiger partial charge on any atom is -1.00 e. The van der Waals surface area contributed by atoms with Gasteiger partial charge in [0, 0.05) is 18.2 Å². The summed E-state index contributed by atoms with van der Waals surface area (Å²) in [6.45, 7) is 1.34. The van der Waals surface area contributed by atoms with Gasteiger partial charge in [-0.3, -0.25) is 4.79 Å². The number of aryl methyl sites for hydroxylation is 2. The smallest absolute Gasteiger partial charge is 0.231 e. The second kappa shape index (κ2) is 10.1. The number of rotatable bonds is 6. The number of hydrogen-bond donors (Lipinski definition) is 1. The molecular formula is C28H25BrN2O5. The fourth-order valence-corrected chi connectivity index (χ4v) is 4.70. The molecular weight excluding hydrogens is 524 g/mol. The predicted octanol–water partition coefficient (Wildman–Crippen LogP) is 1.50. The molecule has 1 amide bonds. The van der Waals surface area contributed by atoms with Crippen molar-refractivity contribution < 1.29 is 45.3 Å². The Bertz CT molecular complexity index is 1440. The summed E-state index contributed by atoms with van der Waals surface area (Å²) in [6.07, 6.45) is 3.24. The molecule has 0 saturated carbocycles. The summed E-state index contributed by atoms with van der Waals surface area (Å²) in [5, 5.41) is 4.87. The fraction of sp³-hybridized carbons (Fsp3) is 0.214. The number of aromatic nitrogens is 1. The Hall–Kier alpha value is -3.78. The number of nitrogens with zero attached hydrogens (tertiary/aromatic N) is 1. The van der Waals surface area contributed by atoms with Crippen LogP contribution in [0, 0.1) is 0 Å². The van der Waals surface area contributed by atoms with E-state index < -0.39 is 0 Å². The molecule has 8 heteroatoms. The number of anilines is 1. The Morgan fingerprint density at radius 3 is 2.67 bits per heavy atom. The average molecular weight is 549 g/mol. The molecule has 7 nitrogen and oxygen atoms in total. The molecule has 3 aromatic carbocycles. The molecule has 1 N–H and O–H groups in total. The summed E-state index contributed by atoms with van der Waals surface area (Å²) in [7, 11) is 1.63. The number of benzene rings is 3. The lowest BCUT2D eigenvalue weighted by Crippen LogP contribution is -3.00. The van der Waals surface area contributed by atoms with E-state index in [1.165, 1.54) is 5.56 Å². The van der Waals surface area contributed by atoms with Crippen molar-refractivity contribution in [3.05, 3.63) is 72.4 Å². The van der Waals surface area contributed by atoms with E-state index in [-0.39, 0.29) is 42.7 Å². The van der Waals surface area contributed by atoms with E-state index in [0.717, 1.165) is 52.2 Å². The molecule has 3 heterocycles. The molecule has 4 aromatic rings. The molecule has 2 aliphatic heterocycles. The Morgan fingerprint density at radius 1 is 1.06 bits per heavy atom. The highest BCUT2D eigenvalue weighted by Gasteiger charge is 2.28. The summed E-state index contributed by atoms with van der Waals surface area (Å²) >= 11 is 0. The number of hydrogen-bond acceptors (Lipinski definition) is 5. The summed E-state index contributed by atoms with van der Waals surface area (Å²) in [5.41, 5.74) is 4.29. The van der Waals surface area contributed by atoms with Crippen molar-refractivity contribution in [2.24, 2.45) is 0 Å². The van der Waals surface area contributed by atoms with E-state index in [1.807, 2.05) is 42.5 Å². The van der Waals surface area contributed by atoms with Crippen molar-refractivity contribution in [3.8, 4) is 34.3 Å². The van der Waals surface area contributed by atoms with Crippen molar-refractivity contribution in [3.63, 3.8) is 0 Å². The number of fused-ring (bicyclic) bond motifs is 5. The summed E-state index contributed by atoms with van der Waals surface area (Å²) < 4.78 is 25.1. The molecule has 0 fully saturated rings. The maximum Gasteiger partial charge on any atom is 0.231 e. The second-order valence-corrected chi connectivity index (χ2v) is 8.58. The highest BCUT2D eigenvalue weighted by molar-refractivity contribution is 5.92. The van der Waals surface area contributed by atoms with E-state index in [9.17, 15) is 4.79 Å². The molecule has 6 rings (SSSR count). The first-order chi connectivity index (χ1) is 17.2. The van der Waals surface area contributed by atoms with Gasteiger partial charge >= 0.3 is 0 Å². The Balaban J connectivity index is 0.00000267. The Morgan fingerprint density at radius 2 is 1.86 bits per heavy atom. The number of ether oxygens (including phenoxy) is 4. The summed E-state index contributed by atoms with van der Waals surface area (Å²) in [4.78, 5) is 12.4. The van der Waals surface area contributed by atoms with Crippen molar-refractivity contribution in [2.75, 3.05) is 25.8 Å². The predicted molar refractivity (Wildman–Crippen MR) is 131 cm³/mol. The third-order valence-corrected chi connectivity index (χ3v) is 6.43. The number of pyridine rings is 1. The molecule has 0 radical (unpaired) electrons. The number of nitrogens with one attached hydrogen (secondary N) is 1. The first-order valence-corrected chi connectivity index (χ1v) is 11.6. The largest absolute Gasteiger partial charge is 1.00 e. The van der Waals surface area contributed by atoms with Crippen molar-refractivity contribution in [1.82, 2.24) is 0 Å². The van der Waals surface area contributed by atoms with Crippen LogP contribution in [0.1, 0.15) is 12.0 Å². The van der Waals surface area contributed by atoms with Crippen LogP contribution in [0.25, 0.3) is 22.0 Å². The van der Waals surface area contributed by atoms with Crippen LogP contribution >= 0.6 is 0 Å². The number of halogens is 1. The van der Waals surface area contributed by atoms with Gasteiger partial charge in [-0.15, -0.1) is 0 Å². The van der Waals surface area contributed by atoms with Crippen LogP contribution in [0.5, 0.6) is 23.0 Å². The fourth-order valence-electron chi connectivity index (χ4n) is 4.70. The number of amides is 1. The molecule has 0 unspecified atom stereocenters. The second-order valence-electron chi connectivity index (χ2n) is 8.58. The molecule has 0 saturated heterocycles. The molecule has 184 valence electrons. The zero-order valence-corrected chi connectivity index (χ0v) is 21.3. The monoisotopic (exact) mass is 548 g/mol. The molecule has 2 aliphatic rings. The quantitative estimate of drug-likeness (QED) is 0.370. The normalized spacial score (nSPS) is 12.8. The van der Waals surface area contributed by atoms with Crippen molar-refractivity contribution >= 4 is 22.4 Å². The van der Waals surface area contributed by atoms with Crippen molar-refractivity contribution in [2.45, 2.75) is 19.4 Å². The van der Waals surface area contributed by atoms with Crippen LogP contribution in [0.2, 0.25) is 0 Å². The number of para-hydroxylation sites is 1. The van der Waals surface area contributed by atoms with Gasteiger partial charge in [-0.25, -0.2) is 0 Å². The lowest BCUT2D eigenvalue weighted by Gasteiger charge is -2.18.